The predicted molar refractivity (Wildman–Crippen MR) is 128 cm³/mol. The van der Waals surface area contributed by atoms with Crippen LogP contribution in [0.15, 0.2) is 59.6 Å². The third-order valence-electron chi connectivity index (χ3n) is 4.25. The molecule has 0 bridgehead atoms. The molecule has 0 aliphatic rings. The van der Waals surface area contributed by atoms with Crippen molar-refractivity contribution in [3.63, 3.8) is 0 Å². The SMILES string of the molecule is CCNC(=NCc1ccccc1CN(C)C)NCCC(O)c1ccccc1.I. The number of aliphatic hydroxyl groups excluding tert-OH is 1. The van der Waals surface area contributed by atoms with Crippen molar-refractivity contribution >= 4 is 29.9 Å². The summed E-state index contributed by atoms with van der Waals surface area (Å²) in [6.45, 7) is 5.03. The van der Waals surface area contributed by atoms with Crippen LogP contribution < -0.4 is 10.6 Å². The lowest BCUT2D eigenvalue weighted by molar-refractivity contribution is 0.168. The van der Waals surface area contributed by atoms with Crippen molar-refractivity contribution < 1.29 is 5.11 Å². The molecule has 0 saturated heterocycles. The van der Waals surface area contributed by atoms with Gasteiger partial charge in [-0.05, 0) is 44.1 Å². The number of nitrogens with one attached hydrogen (secondary N) is 2. The monoisotopic (exact) mass is 496 g/mol. The van der Waals surface area contributed by atoms with Gasteiger partial charge >= 0.3 is 0 Å². The highest BCUT2D eigenvalue weighted by Gasteiger charge is 2.07. The molecule has 154 valence electrons. The Bertz CT molecular complexity index is 707. The Balaban J connectivity index is 0.00000392. The van der Waals surface area contributed by atoms with E-state index < -0.39 is 6.10 Å². The Morgan fingerprint density at radius 2 is 1.64 bits per heavy atom. The first-order valence-corrected chi connectivity index (χ1v) is 9.56. The van der Waals surface area contributed by atoms with E-state index in [1.165, 1.54) is 11.1 Å². The first-order valence-electron chi connectivity index (χ1n) is 9.56. The molecule has 0 aliphatic carbocycles. The zero-order valence-corrected chi connectivity index (χ0v) is 19.4. The van der Waals surface area contributed by atoms with Crippen molar-refractivity contribution in [2.75, 3.05) is 27.2 Å². The van der Waals surface area contributed by atoms with Crippen molar-refractivity contribution in [3.8, 4) is 0 Å². The summed E-state index contributed by atoms with van der Waals surface area (Å²) in [4.78, 5) is 6.88. The lowest BCUT2D eigenvalue weighted by atomic mass is 10.1. The smallest absolute Gasteiger partial charge is 0.191 e. The molecule has 2 aromatic rings. The number of halogens is 1. The molecular weight excluding hydrogens is 463 g/mol. The third-order valence-corrected chi connectivity index (χ3v) is 4.25. The van der Waals surface area contributed by atoms with E-state index in [1.807, 2.05) is 30.3 Å². The van der Waals surface area contributed by atoms with Gasteiger partial charge in [0.25, 0.3) is 0 Å². The van der Waals surface area contributed by atoms with Gasteiger partial charge in [-0.15, -0.1) is 24.0 Å². The third kappa shape index (κ3) is 8.58. The minimum Gasteiger partial charge on any atom is -0.388 e. The molecule has 28 heavy (non-hydrogen) atoms. The molecule has 0 amide bonds. The lowest BCUT2D eigenvalue weighted by Crippen LogP contribution is -2.38. The zero-order valence-electron chi connectivity index (χ0n) is 17.1. The maximum absolute atomic E-state index is 10.3. The number of hydrogen-bond acceptors (Lipinski definition) is 3. The van der Waals surface area contributed by atoms with Crippen molar-refractivity contribution in [2.24, 2.45) is 4.99 Å². The summed E-state index contributed by atoms with van der Waals surface area (Å²) in [6, 6.07) is 18.2. The molecular formula is C22H33IN4O. The van der Waals surface area contributed by atoms with Crippen molar-refractivity contribution in [1.82, 2.24) is 15.5 Å². The van der Waals surface area contributed by atoms with Crippen molar-refractivity contribution in [2.45, 2.75) is 32.5 Å². The number of benzene rings is 2. The average Bonchev–Trinajstić information content (AvgIpc) is 2.67. The van der Waals surface area contributed by atoms with E-state index in [1.54, 1.807) is 0 Å². The van der Waals surface area contributed by atoms with Gasteiger partial charge in [0.2, 0.25) is 0 Å². The van der Waals surface area contributed by atoms with Gasteiger partial charge in [-0.3, -0.25) is 0 Å². The predicted octanol–water partition coefficient (Wildman–Crippen LogP) is 3.55. The summed E-state index contributed by atoms with van der Waals surface area (Å²) in [6.07, 6.45) is 0.161. The fourth-order valence-corrected chi connectivity index (χ4v) is 2.88. The van der Waals surface area contributed by atoms with E-state index in [-0.39, 0.29) is 24.0 Å². The molecule has 0 spiro atoms. The molecule has 0 aromatic heterocycles. The number of hydrogen-bond donors (Lipinski definition) is 3. The van der Waals surface area contributed by atoms with E-state index >= 15 is 0 Å². The quantitative estimate of drug-likeness (QED) is 0.283. The molecule has 2 aromatic carbocycles. The van der Waals surface area contributed by atoms with Gasteiger partial charge in [0, 0.05) is 19.6 Å². The summed E-state index contributed by atoms with van der Waals surface area (Å²) in [5.41, 5.74) is 3.47. The minimum atomic E-state index is -0.470. The summed E-state index contributed by atoms with van der Waals surface area (Å²) in [5, 5.41) is 16.9. The summed E-state index contributed by atoms with van der Waals surface area (Å²) < 4.78 is 0. The molecule has 0 saturated carbocycles. The first kappa shape index (κ1) is 24.4. The van der Waals surface area contributed by atoms with E-state index in [9.17, 15) is 5.11 Å². The number of rotatable bonds is 9. The van der Waals surface area contributed by atoms with Gasteiger partial charge in [0.1, 0.15) is 0 Å². The van der Waals surface area contributed by atoms with Crippen LogP contribution in [0.5, 0.6) is 0 Å². The number of aliphatic hydroxyl groups is 1. The van der Waals surface area contributed by atoms with Crippen LogP contribution in [0.25, 0.3) is 0 Å². The van der Waals surface area contributed by atoms with E-state index in [0.29, 0.717) is 19.5 Å². The summed E-state index contributed by atoms with van der Waals surface area (Å²) in [7, 11) is 4.15. The second kappa shape index (κ2) is 13.5. The van der Waals surface area contributed by atoms with Crippen LogP contribution in [0.4, 0.5) is 0 Å². The van der Waals surface area contributed by atoms with Crippen LogP contribution in [0.2, 0.25) is 0 Å². The largest absolute Gasteiger partial charge is 0.388 e. The Morgan fingerprint density at radius 3 is 2.29 bits per heavy atom. The number of guanidine groups is 1. The van der Waals surface area contributed by atoms with Crippen molar-refractivity contribution in [3.05, 3.63) is 71.3 Å². The van der Waals surface area contributed by atoms with E-state index in [0.717, 1.165) is 24.6 Å². The molecule has 1 atom stereocenters. The molecule has 0 aliphatic heterocycles. The van der Waals surface area contributed by atoms with Gasteiger partial charge < -0.3 is 20.6 Å². The highest BCUT2D eigenvalue weighted by atomic mass is 127. The second-order valence-electron chi connectivity index (χ2n) is 6.84. The van der Waals surface area contributed by atoms with Gasteiger partial charge in [0.05, 0.1) is 12.6 Å². The molecule has 0 fully saturated rings. The lowest BCUT2D eigenvalue weighted by Gasteiger charge is -2.16. The normalized spacial score (nSPS) is 12.4. The Hall–Kier alpha value is -1.64. The molecule has 2 rings (SSSR count). The maximum atomic E-state index is 10.3. The zero-order chi connectivity index (χ0) is 19.5. The van der Waals surface area contributed by atoms with Gasteiger partial charge in [0.15, 0.2) is 5.96 Å². The Morgan fingerprint density at radius 1 is 1.00 bits per heavy atom. The van der Waals surface area contributed by atoms with Crippen LogP contribution in [0, 0.1) is 0 Å². The van der Waals surface area contributed by atoms with Crippen LogP contribution in [-0.4, -0.2) is 43.2 Å². The van der Waals surface area contributed by atoms with Crippen molar-refractivity contribution in [1.29, 1.82) is 0 Å². The first-order chi connectivity index (χ1) is 13.1. The summed E-state index contributed by atoms with van der Waals surface area (Å²) in [5.74, 6) is 0.775. The maximum Gasteiger partial charge on any atom is 0.191 e. The van der Waals surface area contributed by atoms with Gasteiger partial charge in [-0.25, -0.2) is 4.99 Å². The highest BCUT2D eigenvalue weighted by Crippen LogP contribution is 2.15. The Kier molecular flexibility index (Phi) is 11.8. The summed E-state index contributed by atoms with van der Waals surface area (Å²) >= 11 is 0. The fourth-order valence-electron chi connectivity index (χ4n) is 2.88. The topological polar surface area (TPSA) is 59.9 Å². The molecule has 5 nitrogen and oxygen atoms in total. The van der Waals surface area contributed by atoms with E-state index in [4.69, 9.17) is 4.99 Å². The molecule has 0 radical (unpaired) electrons. The van der Waals surface area contributed by atoms with Crippen LogP contribution in [0.3, 0.4) is 0 Å². The molecule has 6 heteroatoms. The standard InChI is InChI=1S/C22H32N4O.HI/c1-4-23-22(24-15-14-21(27)18-10-6-5-7-11-18)25-16-19-12-8-9-13-20(19)17-26(2)3;/h5-13,21,27H,4,14-17H2,1-3H3,(H2,23,24,25);1H. The molecule has 1 unspecified atom stereocenters. The van der Waals surface area contributed by atoms with Gasteiger partial charge in [-0.1, -0.05) is 54.6 Å². The second-order valence-corrected chi connectivity index (χ2v) is 6.84. The highest BCUT2D eigenvalue weighted by molar-refractivity contribution is 14.0. The van der Waals surface area contributed by atoms with Crippen LogP contribution in [0.1, 0.15) is 36.1 Å². The number of aliphatic imine (C=N–C) groups is 1. The number of nitrogens with zero attached hydrogens (tertiary/aromatic N) is 2. The van der Waals surface area contributed by atoms with Gasteiger partial charge in [-0.2, -0.15) is 0 Å². The van der Waals surface area contributed by atoms with E-state index in [2.05, 4.69) is 60.8 Å². The molecule has 0 heterocycles. The average molecular weight is 496 g/mol. The fraction of sp³-hybridized carbons (Fsp3) is 0.409. The Labute approximate surface area is 186 Å². The van der Waals surface area contributed by atoms with Crippen LogP contribution in [-0.2, 0) is 13.1 Å². The van der Waals surface area contributed by atoms with Crippen LogP contribution >= 0.6 is 24.0 Å². The minimum absolute atomic E-state index is 0. The molecule has 3 N–H and O–H groups in total.